The Bertz CT molecular complexity index is 894. The number of nitrogens with two attached hydrogens (primary N) is 1. The number of amides is 4. The Morgan fingerprint density at radius 2 is 1.71 bits per heavy atom. The summed E-state index contributed by atoms with van der Waals surface area (Å²) >= 11 is 0. The van der Waals surface area contributed by atoms with Crippen LogP contribution in [-0.2, 0) is 25.7 Å². The summed E-state index contributed by atoms with van der Waals surface area (Å²) in [6, 6.07) is 7.78. The van der Waals surface area contributed by atoms with Crippen LogP contribution in [0.2, 0.25) is 0 Å². The van der Waals surface area contributed by atoms with E-state index in [0.29, 0.717) is 0 Å². The quantitative estimate of drug-likeness (QED) is 0.655. The predicted molar refractivity (Wildman–Crippen MR) is 124 cm³/mol. The van der Waals surface area contributed by atoms with E-state index in [9.17, 15) is 19.2 Å². The van der Waals surface area contributed by atoms with Crippen LogP contribution in [0.5, 0.6) is 0 Å². The van der Waals surface area contributed by atoms with E-state index in [2.05, 4.69) is 5.32 Å². The van der Waals surface area contributed by atoms with E-state index < -0.39 is 24.1 Å². The molecule has 9 nitrogen and oxygen atoms in total. The van der Waals surface area contributed by atoms with E-state index in [1.54, 1.807) is 0 Å². The topological polar surface area (TPSA) is 122 Å². The number of hydrogen-bond acceptors (Lipinski definition) is 6. The molecule has 0 aromatic heterocycles. The van der Waals surface area contributed by atoms with E-state index in [1.807, 2.05) is 35.2 Å². The summed E-state index contributed by atoms with van der Waals surface area (Å²) in [5.74, 6) is -0.574. The number of carbonyl (C=O) groups excluding carboxylic acids is 4. The molecule has 34 heavy (non-hydrogen) atoms. The van der Waals surface area contributed by atoms with Gasteiger partial charge in [0, 0.05) is 25.6 Å². The number of hydrogen-bond donors (Lipinski definition) is 2. The number of nitrogens with zero attached hydrogens (tertiary/aromatic N) is 2. The molecule has 0 unspecified atom stereocenters. The van der Waals surface area contributed by atoms with Crippen molar-refractivity contribution in [3.05, 3.63) is 35.9 Å². The van der Waals surface area contributed by atoms with Crippen molar-refractivity contribution in [3.8, 4) is 0 Å². The van der Waals surface area contributed by atoms with E-state index >= 15 is 0 Å². The van der Waals surface area contributed by atoms with Crippen LogP contribution in [0.1, 0.15) is 56.9 Å². The lowest BCUT2D eigenvalue weighted by Gasteiger charge is -2.34. The molecule has 4 rings (SSSR count). The van der Waals surface area contributed by atoms with E-state index in [-0.39, 0.29) is 43.2 Å². The third-order valence-corrected chi connectivity index (χ3v) is 7.25. The number of carbonyl (C=O) groups is 4. The highest BCUT2D eigenvalue weighted by Gasteiger charge is 2.42. The van der Waals surface area contributed by atoms with Crippen LogP contribution in [0.25, 0.3) is 0 Å². The summed E-state index contributed by atoms with van der Waals surface area (Å²) in [4.78, 5) is 53.3. The number of ether oxygens (including phenoxy) is 1. The summed E-state index contributed by atoms with van der Waals surface area (Å²) < 4.78 is 5.29. The first-order valence-corrected chi connectivity index (χ1v) is 12.3. The van der Waals surface area contributed by atoms with Crippen molar-refractivity contribution in [2.24, 2.45) is 11.7 Å². The zero-order valence-electron chi connectivity index (χ0n) is 19.5. The van der Waals surface area contributed by atoms with Crippen LogP contribution in [0.3, 0.4) is 0 Å². The Labute approximate surface area is 200 Å². The zero-order valence-corrected chi connectivity index (χ0v) is 19.5. The second kappa shape index (κ2) is 11.0. The van der Waals surface area contributed by atoms with E-state index in [4.69, 9.17) is 10.5 Å². The monoisotopic (exact) mass is 470 g/mol. The maximum Gasteiger partial charge on any atom is 0.417 e. The standard InChI is InChI=1S/C25H34N4O5/c26-22(24(32)28-14-4-5-15-28)18-8-10-19(11-9-18)27-23(31)20-12-13-21(30)29(20)25(33)34-16-17-6-2-1-3-7-17/h1-3,6-7,18-20,22H,4-5,8-16,26H2,(H,27,31)/t18-,19-,20-,22+/m1/s1. The fraction of sp³-hybridized carbons (Fsp3) is 0.600. The van der Waals surface area contributed by atoms with Gasteiger partial charge in [0.2, 0.25) is 17.7 Å². The Hall–Kier alpha value is -2.94. The molecule has 3 N–H and O–H groups in total. The van der Waals surface area contributed by atoms with Gasteiger partial charge >= 0.3 is 6.09 Å². The highest BCUT2D eigenvalue weighted by atomic mass is 16.6. The van der Waals surface area contributed by atoms with Gasteiger partial charge in [-0.3, -0.25) is 14.4 Å². The van der Waals surface area contributed by atoms with Crippen LogP contribution in [0, 0.1) is 5.92 Å². The maximum atomic E-state index is 12.9. The molecule has 1 aliphatic carbocycles. The molecule has 1 saturated carbocycles. The second-order valence-corrected chi connectivity index (χ2v) is 9.54. The van der Waals surface area contributed by atoms with Gasteiger partial charge in [-0.2, -0.15) is 0 Å². The van der Waals surface area contributed by atoms with Crippen LogP contribution in [-0.4, -0.2) is 64.8 Å². The number of rotatable bonds is 6. The highest BCUT2D eigenvalue weighted by molar-refractivity contribution is 6.00. The van der Waals surface area contributed by atoms with Gasteiger partial charge in [0.05, 0.1) is 6.04 Å². The lowest BCUT2D eigenvalue weighted by atomic mass is 9.81. The Kier molecular flexibility index (Phi) is 7.82. The number of benzene rings is 1. The van der Waals surface area contributed by atoms with Gasteiger partial charge in [0.15, 0.2) is 0 Å². The molecule has 2 heterocycles. The summed E-state index contributed by atoms with van der Waals surface area (Å²) in [7, 11) is 0. The molecule has 184 valence electrons. The molecule has 0 spiro atoms. The third-order valence-electron chi connectivity index (χ3n) is 7.25. The molecular weight excluding hydrogens is 436 g/mol. The first kappa shape index (κ1) is 24.2. The fourth-order valence-corrected chi connectivity index (χ4v) is 5.22. The second-order valence-electron chi connectivity index (χ2n) is 9.54. The number of nitrogens with one attached hydrogen (secondary N) is 1. The van der Waals surface area contributed by atoms with Gasteiger partial charge in [-0.25, -0.2) is 9.69 Å². The molecular formula is C25H34N4O5. The van der Waals surface area contributed by atoms with Crippen molar-refractivity contribution in [2.45, 2.75) is 76.1 Å². The minimum atomic E-state index is -0.854. The molecule has 3 fully saturated rings. The van der Waals surface area contributed by atoms with E-state index in [1.165, 1.54) is 0 Å². The smallest absolute Gasteiger partial charge is 0.417 e. The zero-order chi connectivity index (χ0) is 24.1. The molecule has 2 aliphatic heterocycles. The molecule has 1 aromatic rings. The highest BCUT2D eigenvalue weighted by Crippen LogP contribution is 2.28. The first-order chi connectivity index (χ1) is 16.4. The molecule has 2 atom stereocenters. The molecule has 1 aromatic carbocycles. The van der Waals surface area contributed by atoms with Gasteiger partial charge in [0.25, 0.3) is 0 Å². The van der Waals surface area contributed by atoms with Crippen molar-refractivity contribution in [3.63, 3.8) is 0 Å². The molecule has 2 saturated heterocycles. The fourth-order valence-electron chi connectivity index (χ4n) is 5.22. The van der Waals surface area contributed by atoms with Gasteiger partial charge < -0.3 is 20.7 Å². The maximum absolute atomic E-state index is 12.9. The largest absolute Gasteiger partial charge is 0.444 e. The Balaban J connectivity index is 1.26. The van der Waals surface area contributed by atoms with Crippen molar-refractivity contribution >= 4 is 23.8 Å². The number of imide groups is 1. The Morgan fingerprint density at radius 3 is 2.38 bits per heavy atom. The van der Waals surface area contributed by atoms with Crippen LogP contribution in [0.4, 0.5) is 4.79 Å². The van der Waals surface area contributed by atoms with Crippen LogP contribution in [0.15, 0.2) is 30.3 Å². The average Bonchev–Trinajstić information content (AvgIpc) is 3.53. The van der Waals surface area contributed by atoms with Crippen LogP contribution < -0.4 is 11.1 Å². The minimum absolute atomic E-state index is 0.0399. The average molecular weight is 471 g/mol. The van der Waals surface area contributed by atoms with Crippen molar-refractivity contribution in [1.29, 1.82) is 0 Å². The van der Waals surface area contributed by atoms with Gasteiger partial charge in [-0.05, 0) is 56.4 Å². The van der Waals surface area contributed by atoms with Gasteiger partial charge in [-0.15, -0.1) is 0 Å². The van der Waals surface area contributed by atoms with Gasteiger partial charge in [-0.1, -0.05) is 30.3 Å². The van der Waals surface area contributed by atoms with Crippen LogP contribution >= 0.6 is 0 Å². The first-order valence-electron chi connectivity index (χ1n) is 12.3. The minimum Gasteiger partial charge on any atom is -0.444 e. The molecule has 3 aliphatic rings. The SMILES string of the molecule is N[C@H](C(=O)N1CCCC1)[C@H]1CC[C@H](NC(=O)[C@H]2CCC(=O)N2C(=O)OCc2ccccc2)CC1. The van der Waals surface area contributed by atoms with Crippen molar-refractivity contribution < 1.29 is 23.9 Å². The Morgan fingerprint density at radius 1 is 1.03 bits per heavy atom. The number of likely N-dealkylation sites (tertiary alicyclic amines) is 2. The predicted octanol–water partition coefficient (Wildman–Crippen LogP) is 1.94. The molecule has 4 amide bonds. The normalized spacial score (nSPS) is 25.8. The lowest BCUT2D eigenvalue weighted by Crippen LogP contribution is -2.52. The van der Waals surface area contributed by atoms with Crippen molar-refractivity contribution in [2.75, 3.05) is 13.1 Å². The summed E-state index contributed by atoms with van der Waals surface area (Å²) in [6.07, 6.45) is 4.68. The van der Waals surface area contributed by atoms with E-state index in [0.717, 1.165) is 62.1 Å². The third kappa shape index (κ3) is 5.58. The summed E-state index contributed by atoms with van der Waals surface area (Å²) in [6.45, 7) is 1.63. The molecule has 0 radical (unpaired) electrons. The molecule has 0 bridgehead atoms. The lowest BCUT2D eigenvalue weighted by molar-refractivity contribution is -0.134. The summed E-state index contributed by atoms with van der Waals surface area (Å²) in [5, 5.41) is 3.01. The molecule has 9 heteroatoms. The van der Waals surface area contributed by atoms with Gasteiger partial charge in [0.1, 0.15) is 12.6 Å². The van der Waals surface area contributed by atoms with Crippen molar-refractivity contribution in [1.82, 2.24) is 15.1 Å². The summed E-state index contributed by atoms with van der Waals surface area (Å²) in [5.41, 5.74) is 7.09.